The van der Waals surface area contributed by atoms with Gasteiger partial charge in [-0.05, 0) is 6.07 Å². The van der Waals surface area contributed by atoms with E-state index >= 15 is 0 Å². The van der Waals surface area contributed by atoms with Crippen LogP contribution in [0.2, 0.25) is 5.15 Å². The first-order chi connectivity index (χ1) is 9.65. The number of halogens is 1. The van der Waals surface area contributed by atoms with Gasteiger partial charge in [0.05, 0.1) is 6.54 Å². The summed E-state index contributed by atoms with van der Waals surface area (Å²) < 4.78 is 5.67. The number of carbonyl (C=O) groups is 1. The first-order valence-corrected chi connectivity index (χ1v) is 7.20. The molecule has 104 valence electrons. The molecule has 0 saturated carbocycles. The van der Waals surface area contributed by atoms with E-state index in [0.717, 1.165) is 22.6 Å². The number of ether oxygens (including phenoxy) is 1. The predicted molar refractivity (Wildman–Crippen MR) is 77.1 cm³/mol. The molecule has 0 spiro atoms. The van der Waals surface area contributed by atoms with Gasteiger partial charge in [-0.15, -0.1) is 0 Å². The highest BCUT2D eigenvalue weighted by molar-refractivity contribution is 7.18. The third-order valence-corrected chi connectivity index (χ3v) is 4.48. The molecule has 0 radical (unpaired) electrons. The lowest BCUT2D eigenvalue weighted by Gasteiger charge is -2.18. The van der Waals surface area contributed by atoms with Crippen molar-refractivity contribution in [1.82, 2.24) is 4.98 Å². The van der Waals surface area contributed by atoms with Crippen molar-refractivity contribution in [2.75, 3.05) is 18.1 Å². The van der Waals surface area contributed by atoms with Crippen molar-refractivity contribution >= 4 is 34.0 Å². The number of aromatic carboxylic acids is 1. The molecule has 7 heteroatoms. The summed E-state index contributed by atoms with van der Waals surface area (Å²) in [6.07, 6.45) is 0. The normalized spacial score (nSPS) is 14.3. The van der Waals surface area contributed by atoms with Gasteiger partial charge in [0, 0.05) is 12.1 Å². The highest BCUT2D eigenvalue weighted by Gasteiger charge is 2.22. The Labute approximate surface area is 124 Å². The number of fused-ring (bicyclic) bond motifs is 1. The van der Waals surface area contributed by atoms with Gasteiger partial charge in [0.1, 0.15) is 12.4 Å². The van der Waals surface area contributed by atoms with E-state index in [1.807, 2.05) is 29.2 Å². The van der Waals surface area contributed by atoms with Crippen molar-refractivity contribution in [1.29, 1.82) is 0 Å². The largest absolute Gasteiger partial charge is 0.491 e. The lowest BCUT2D eigenvalue weighted by Crippen LogP contribution is -2.24. The molecule has 5 nitrogen and oxygen atoms in total. The van der Waals surface area contributed by atoms with Gasteiger partial charge in [-0.3, -0.25) is 0 Å². The Morgan fingerprint density at radius 1 is 1.45 bits per heavy atom. The van der Waals surface area contributed by atoms with E-state index in [9.17, 15) is 4.79 Å². The van der Waals surface area contributed by atoms with E-state index in [-0.39, 0.29) is 10.0 Å². The number of hydrogen-bond donors (Lipinski definition) is 1. The van der Waals surface area contributed by atoms with Crippen molar-refractivity contribution in [2.24, 2.45) is 0 Å². The van der Waals surface area contributed by atoms with Crippen LogP contribution in [0.3, 0.4) is 0 Å². The van der Waals surface area contributed by atoms with Crippen LogP contribution in [0.25, 0.3) is 0 Å². The Morgan fingerprint density at radius 3 is 3.00 bits per heavy atom. The molecule has 3 rings (SSSR count). The quantitative estimate of drug-likeness (QED) is 0.924. The fourth-order valence-electron chi connectivity index (χ4n) is 2.05. The van der Waals surface area contributed by atoms with Crippen LogP contribution in [-0.4, -0.2) is 29.2 Å². The Bertz CT molecular complexity index is 659. The average Bonchev–Trinajstić information content (AvgIpc) is 2.69. The van der Waals surface area contributed by atoms with Gasteiger partial charge in [0.15, 0.2) is 15.2 Å². The Balaban J connectivity index is 1.91. The van der Waals surface area contributed by atoms with Crippen LogP contribution in [0, 0.1) is 0 Å². The van der Waals surface area contributed by atoms with E-state index in [1.54, 1.807) is 0 Å². The first-order valence-electron chi connectivity index (χ1n) is 6.00. The Kier molecular flexibility index (Phi) is 3.50. The van der Waals surface area contributed by atoms with E-state index in [1.165, 1.54) is 0 Å². The minimum atomic E-state index is -1.05. The predicted octanol–water partition coefficient (Wildman–Crippen LogP) is 2.89. The zero-order valence-electron chi connectivity index (χ0n) is 10.4. The summed E-state index contributed by atoms with van der Waals surface area (Å²) in [5.74, 6) is -0.193. The fraction of sp³-hybridized carbons (Fsp3) is 0.231. The average molecular weight is 311 g/mol. The summed E-state index contributed by atoms with van der Waals surface area (Å²) in [6.45, 7) is 1.78. The van der Waals surface area contributed by atoms with Crippen molar-refractivity contribution in [2.45, 2.75) is 6.54 Å². The minimum absolute atomic E-state index is 0.0379. The van der Waals surface area contributed by atoms with E-state index in [4.69, 9.17) is 21.4 Å². The third kappa shape index (κ3) is 2.44. The molecule has 1 aromatic carbocycles. The first kappa shape index (κ1) is 13.2. The van der Waals surface area contributed by atoms with Crippen molar-refractivity contribution < 1.29 is 14.6 Å². The van der Waals surface area contributed by atoms with Crippen molar-refractivity contribution in [3.05, 3.63) is 39.9 Å². The molecule has 0 saturated heterocycles. The molecule has 1 aromatic heterocycles. The molecule has 1 aliphatic rings. The smallest absolute Gasteiger partial charge is 0.349 e. The number of hydrogen-bond acceptors (Lipinski definition) is 5. The highest BCUT2D eigenvalue weighted by Crippen LogP contribution is 2.32. The zero-order chi connectivity index (χ0) is 14.1. The maximum absolute atomic E-state index is 11.0. The molecule has 0 bridgehead atoms. The van der Waals surface area contributed by atoms with Gasteiger partial charge < -0.3 is 14.7 Å². The Morgan fingerprint density at radius 2 is 2.25 bits per heavy atom. The van der Waals surface area contributed by atoms with Gasteiger partial charge in [0.2, 0.25) is 0 Å². The summed E-state index contributed by atoms with van der Waals surface area (Å²) in [5, 5.41) is 9.68. The van der Waals surface area contributed by atoms with Gasteiger partial charge >= 0.3 is 5.97 Å². The topological polar surface area (TPSA) is 62.7 Å². The summed E-state index contributed by atoms with van der Waals surface area (Å²) in [4.78, 5) is 17.2. The van der Waals surface area contributed by atoms with Gasteiger partial charge in [-0.1, -0.05) is 41.1 Å². The van der Waals surface area contributed by atoms with Crippen LogP contribution in [-0.2, 0) is 6.54 Å². The number of anilines is 1. The molecule has 0 unspecified atom stereocenters. The second kappa shape index (κ2) is 5.30. The molecule has 0 fully saturated rings. The van der Waals surface area contributed by atoms with E-state index < -0.39 is 5.97 Å². The van der Waals surface area contributed by atoms with Crippen LogP contribution in [0.1, 0.15) is 15.2 Å². The Hall–Kier alpha value is -1.79. The monoisotopic (exact) mass is 310 g/mol. The van der Waals surface area contributed by atoms with Crippen LogP contribution < -0.4 is 9.64 Å². The number of carboxylic acid groups (broad SMARTS) is 1. The standard InChI is InChI=1S/C13H11ClN2O3S/c14-11-10(12(17)18)20-13(15-11)16-5-6-19-9-4-2-1-3-8(9)7-16/h1-4H,5-7H2,(H,17,18). The minimum Gasteiger partial charge on any atom is -0.491 e. The molecular weight excluding hydrogens is 300 g/mol. The zero-order valence-corrected chi connectivity index (χ0v) is 11.9. The number of benzene rings is 1. The van der Waals surface area contributed by atoms with Gasteiger partial charge in [0.25, 0.3) is 0 Å². The lowest BCUT2D eigenvalue weighted by atomic mass is 10.2. The van der Waals surface area contributed by atoms with E-state index in [0.29, 0.717) is 24.8 Å². The number of thiazole rings is 1. The number of rotatable bonds is 2. The van der Waals surface area contributed by atoms with Crippen molar-refractivity contribution in [3.63, 3.8) is 0 Å². The molecule has 2 aromatic rings. The van der Waals surface area contributed by atoms with Crippen LogP contribution in [0.15, 0.2) is 24.3 Å². The number of aromatic nitrogens is 1. The summed E-state index contributed by atoms with van der Waals surface area (Å²) in [6, 6.07) is 7.79. The van der Waals surface area contributed by atoms with Crippen LogP contribution in [0.5, 0.6) is 5.75 Å². The van der Waals surface area contributed by atoms with Crippen molar-refractivity contribution in [3.8, 4) is 5.75 Å². The number of nitrogens with zero attached hydrogens (tertiary/aromatic N) is 2. The number of carboxylic acids is 1. The molecule has 0 amide bonds. The molecule has 0 atom stereocenters. The van der Waals surface area contributed by atoms with Crippen LogP contribution >= 0.6 is 22.9 Å². The highest BCUT2D eigenvalue weighted by atomic mass is 35.5. The molecular formula is C13H11ClN2O3S. The molecule has 1 N–H and O–H groups in total. The maximum atomic E-state index is 11.0. The molecule has 0 aliphatic carbocycles. The molecule has 1 aliphatic heterocycles. The number of para-hydroxylation sites is 1. The second-order valence-corrected chi connectivity index (χ2v) is 5.63. The summed E-state index contributed by atoms with van der Waals surface area (Å²) >= 11 is 6.95. The second-order valence-electron chi connectivity index (χ2n) is 4.30. The summed E-state index contributed by atoms with van der Waals surface area (Å²) in [7, 11) is 0. The SMILES string of the molecule is O=C(O)c1sc(N2CCOc3ccccc3C2)nc1Cl. The lowest BCUT2D eigenvalue weighted by molar-refractivity contribution is 0.0702. The van der Waals surface area contributed by atoms with Gasteiger partial charge in [-0.2, -0.15) is 0 Å². The third-order valence-electron chi connectivity index (χ3n) is 2.99. The van der Waals surface area contributed by atoms with Crippen LogP contribution in [0.4, 0.5) is 5.13 Å². The van der Waals surface area contributed by atoms with E-state index in [2.05, 4.69) is 4.98 Å². The van der Waals surface area contributed by atoms with Gasteiger partial charge in [-0.25, -0.2) is 9.78 Å². The maximum Gasteiger partial charge on any atom is 0.349 e. The molecule has 20 heavy (non-hydrogen) atoms. The summed E-state index contributed by atoms with van der Waals surface area (Å²) in [5.41, 5.74) is 1.05. The fourth-order valence-corrected chi connectivity index (χ4v) is 3.20. The molecule has 2 heterocycles.